The summed E-state index contributed by atoms with van der Waals surface area (Å²) >= 11 is 8.25. The Hall–Kier alpha value is 0.0600. The third-order valence-electron chi connectivity index (χ3n) is 1.60. The molecule has 2 aromatic rings. The fourth-order valence-electron chi connectivity index (χ4n) is 1.10. The lowest BCUT2D eigenvalue weighted by molar-refractivity contribution is 1.71. The third kappa shape index (κ3) is 1.43. The maximum Gasteiger partial charge on any atom is 0.0581 e. The van der Waals surface area contributed by atoms with Crippen molar-refractivity contribution in [3.05, 3.63) is 21.8 Å². The van der Waals surface area contributed by atoms with Gasteiger partial charge in [0.05, 0.1) is 4.21 Å². The van der Waals surface area contributed by atoms with Crippen LogP contribution in [0.15, 0.2) is 22.4 Å². The predicted octanol–water partition coefficient (Wildman–Crippen LogP) is 3.38. The molecule has 0 fully saturated rings. The summed E-state index contributed by atoms with van der Waals surface area (Å²) in [5, 5.41) is 1.25. The number of nitrogens with two attached hydrogens (primary N) is 1. The van der Waals surface area contributed by atoms with Crippen molar-refractivity contribution in [2.45, 2.75) is 4.21 Å². The Bertz CT molecular complexity index is 436. The highest BCUT2D eigenvalue weighted by molar-refractivity contribution is 14.1. The summed E-state index contributed by atoms with van der Waals surface area (Å²) in [6.45, 7) is 0. The van der Waals surface area contributed by atoms with Crippen LogP contribution in [0.2, 0.25) is 0 Å². The molecule has 0 aliphatic heterocycles. The van der Waals surface area contributed by atoms with Gasteiger partial charge in [-0.1, -0.05) is 0 Å². The van der Waals surface area contributed by atoms with E-state index in [9.17, 15) is 0 Å². The number of hydrogen-bond donors (Lipinski definition) is 2. The number of anilines is 1. The lowest BCUT2D eigenvalue weighted by atomic mass is 10.2. The van der Waals surface area contributed by atoms with Gasteiger partial charge in [-0.25, -0.2) is 0 Å². The number of fused-ring (bicyclic) bond motifs is 1. The van der Waals surface area contributed by atoms with Gasteiger partial charge in [0.2, 0.25) is 0 Å². The number of thiol groups is 1. The van der Waals surface area contributed by atoms with E-state index < -0.39 is 0 Å². The quantitative estimate of drug-likeness (QED) is 0.435. The SMILES string of the molecule is Nc1cc(I)c2cc(S)sc2c1. The Kier molecular flexibility index (Phi) is 2.22. The molecule has 1 nitrogen and oxygen atoms in total. The van der Waals surface area contributed by atoms with Gasteiger partial charge >= 0.3 is 0 Å². The molecule has 4 heteroatoms. The van der Waals surface area contributed by atoms with E-state index in [1.807, 2.05) is 12.1 Å². The van der Waals surface area contributed by atoms with Crippen LogP contribution in [0.1, 0.15) is 0 Å². The smallest absolute Gasteiger partial charge is 0.0581 e. The number of thiophene rings is 1. The molecule has 1 aromatic heterocycles. The monoisotopic (exact) mass is 307 g/mol. The van der Waals surface area contributed by atoms with Gasteiger partial charge in [-0.2, -0.15) is 0 Å². The first-order chi connectivity index (χ1) is 5.66. The fourth-order valence-corrected chi connectivity index (χ4v) is 3.39. The standard InChI is InChI=1S/C8H6INS2/c9-6-1-4(10)2-7-5(6)3-8(11)12-7/h1-3,11H,10H2. The Morgan fingerprint density at radius 3 is 2.83 bits per heavy atom. The van der Waals surface area contributed by atoms with Crippen LogP contribution in [0.25, 0.3) is 10.1 Å². The fraction of sp³-hybridized carbons (Fsp3) is 0. The minimum Gasteiger partial charge on any atom is -0.399 e. The lowest BCUT2D eigenvalue weighted by Gasteiger charge is -1.95. The highest BCUT2D eigenvalue weighted by atomic mass is 127. The molecule has 0 atom stereocenters. The van der Waals surface area contributed by atoms with Crippen LogP contribution in [0.4, 0.5) is 5.69 Å². The van der Waals surface area contributed by atoms with E-state index in [1.54, 1.807) is 11.3 Å². The molecule has 0 aliphatic rings. The largest absolute Gasteiger partial charge is 0.399 e. The normalized spacial score (nSPS) is 10.8. The Balaban J connectivity index is 2.88. The minimum absolute atomic E-state index is 0.821. The molecular weight excluding hydrogens is 301 g/mol. The maximum atomic E-state index is 5.71. The van der Waals surface area contributed by atoms with Crippen molar-refractivity contribution in [1.29, 1.82) is 0 Å². The second-order valence-corrected chi connectivity index (χ2v) is 5.53. The van der Waals surface area contributed by atoms with Gasteiger partial charge in [0, 0.05) is 19.3 Å². The van der Waals surface area contributed by atoms with Gasteiger partial charge < -0.3 is 5.73 Å². The molecule has 0 saturated carbocycles. The zero-order chi connectivity index (χ0) is 8.72. The zero-order valence-electron chi connectivity index (χ0n) is 6.04. The Labute approximate surface area is 93.5 Å². The van der Waals surface area contributed by atoms with Crippen LogP contribution in [-0.4, -0.2) is 0 Å². The molecule has 12 heavy (non-hydrogen) atoms. The summed E-state index contributed by atoms with van der Waals surface area (Å²) in [7, 11) is 0. The summed E-state index contributed by atoms with van der Waals surface area (Å²) in [6.07, 6.45) is 0. The number of hydrogen-bond acceptors (Lipinski definition) is 3. The Morgan fingerprint density at radius 1 is 1.33 bits per heavy atom. The van der Waals surface area contributed by atoms with Crippen molar-refractivity contribution >= 4 is 62.3 Å². The summed E-state index contributed by atoms with van der Waals surface area (Å²) in [6, 6.07) is 6.04. The molecule has 0 unspecified atom stereocenters. The number of nitrogen functional groups attached to an aromatic ring is 1. The van der Waals surface area contributed by atoms with E-state index in [2.05, 4.69) is 41.3 Å². The highest BCUT2D eigenvalue weighted by Crippen LogP contribution is 2.32. The average molecular weight is 307 g/mol. The first-order valence-corrected chi connectivity index (χ1v) is 5.68. The maximum absolute atomic E-state index is 5.71. The van der Waals surface area contributed by atoms with Gasteiger partial charge in [0.1, 0.15) is 0 Å². The van der Waals surface area contributed by atoms with Crippen LogP contribution in [0, 0.1) is 3.57 Å². The average Bonchev–Trinajstić information content (AvgIpc) is 2.29. The molecule has 0 bridgehead atoms. The van der Waals surface area contributed by atoms with Crippen molar-refractivity contribution in [3.63, 3.8) is 0 Å². The minimum atomic E-state index is 0.821. The lowest BCUT2D eigenvalue weighted by Crippen LogP contribution is -1.84. The topological polar surface area (TPSA) is 26.0 Å². The highest BCUT2D eigenvalue weighted by Gasteiger charge is 2.03. The van der Waals surface area contributed by atoms with E-state index in [0.717, 1.165) is 9.90 Å². The molecular formula is C8H6INS2. The molecule has 1 aromatic carbocycles. The van der Waals surface area contributed by atoms with Crippen LogP contribution in [-0.2, 0) is 0 Å². The number of benzene rings is 1. The molecule has 0 saturated heterocycles. The van der Waals surface area contributed by atoms with Crippen molar-refractivity contribution in [1.82, 2.24) is 0 Å². The van der Waals surface area contributed by atoms with Crippen LogP contribution in [0.3, 0.4) is 0 Å². The molecule has 0 amide bonds. The van der Waals surface area contributed by atoms with Crippen LogP contribution in [0.5, 0.6) is 0 Å². The zero-order valence-corrected chi connectivity index (χ0v) is 9.91. The predicted molar refractivity (Wildman–Crippen MR) is 66.2 cm³/mol. The number of halogens is 1. The van der Waals surface area contributed by atoms with Crippen LogP contribution < -0.4 is 5.73 Å². The van der Waals surface area contributed by atoms with E-state index in [0.29, 0.717) is 0 Å². The molecule has 1 heterocycles. The third-order valence-corrected chi connectivity index (χ3v) is 3.78. The van der Waals surface area contributed by atoms with Crippen molar-refractivity contribution in [3.8, 4) is 0 Å². The second-order valence-electron chi connectivity index (χ2n) is 2.50. The second kappa shape index (κ2) is 3.08. The molecule has 2 N–H and O–H groups in total. The van der Waals surface area contributed by atoms with E-state index >= 15 is 0 Å². The van der Waals surface area contributed by atoms with Gasteiger partial charge in [-0.3, -0.25) is 0 Å². The Morgan fingerprint density at radius 2 is 2.08 bits per heavy atom. The van der Waals surface area contributed by atoms with E-state index in [4.69, 9.17) is 5.73 Å². The van der Waals surface area contributed by atoms with Gasteiger partial charge in [0.15, 0.2) is 0 Å². The number of rotatable bonds is 0. The molecule has 62 valence electrons. The van der Waals surface area contributed by atoms with E-state index in [-0.39, 0.29) is 0 Å². The summed E-state index contributed by atoms with van der Waals surface area (Å²) < 4.78 is 3.44. The molecule has 0 spiro atoms. The molecule has 0 aliphatic carbocycles. The van der Waals surface area contributed by atoms with Crippen LogP contribution >= 0.6 is 46.6 Å². The van der Waals surface area contributed by atoms with Gasteiger partial charge in [0.25, 0.3) is 0 Å². The molecule has 2 rings (SSSR count). The van der Waals surface area contributed by atoms with Gasteiger partial charge in [-0.05, 0) is 40.8 Å². The van der Waals surface area contributed by atoms with E-state index in [1.165, 1.54) is 13.7 Å². The van der Waals surface area contributed by atoms with Gasteiger partial charge in [-0.15, -0.1) is 24.0 Å². The summed E-state index contributed by atoms with van der Waals surface area (Å²) in [4.78, 5) is 0. The van der Waals surface area contributed by atoms with Crippen molar-refractivity contribution in [2.24, 2.45) is 0 Å². The summed E-state index contributed by atoms with van der Waals surface area (Å²) in [5.74, 6) is 0. The first kappa shape index (κ1) is 8.65. The van der Waals surface area contributed by atoms with Crippen molar-refractivity contribution in [2.75, 3.05) is 5.73 Å². The summed E-state index contributed by atoms with van der Waals surface area (Å²) in [5.41, 5.74) is 6.53. The molecule has 0 radical (unpaired) electrons. The first-order valence-electron chi connectivity index (χ1n) is 3.34. The van der Waals surface area contributed by atoms with Crippen molar-refractivity contribution < 1.29 is 0 Å².